The van der Waals surface area contributed by atoms with Crippen LogP contribution in [0.1, 0.15) is 57.4 Å². The first-order valence-electron chi connectivity index (χ1n) is 11.6. The molecule has 0 amide bonds. The van der Waals surface area contributed by atoms with Crippen LogP contribution >= 0.6 is 0 Å². The van der Waals surface area contributed by atoms with Crippen molar-refractivity contribution in [3.63, 3.8) is 0 Å². The molecule has 2 bridgehead atoms. The summed E-state index contributed by atoms with van der Waals surface area (Å²) in [6.45, 7) is 2.84. The van der Waals surface area contributed by atoms with Gasteiger partial charge in [-0.25, -0.2) is 0 Å². The first-order valence-corrected chi connectivity index (χ1v) is 11.6. The van der Waals surface area contributed by atoms with Gasteiger partial charge in [0.05, 0.1) is 12.2 Å². The van der Waals surface area contributed by atoms with Gasteiger partial charge in [-0.2, -0.15) is 0 Å². The van der Waals surface area contributed by atoms with Gasteiger partial charge in [0.15, 0.2) is 5.78 Å². The Hall–Kier alpha value is -2.40. The van der Waals surface area contributed by atoms with Gasteiger partial charge in [0, 0.05) is 37.1 Å². The predicted octanol–water partition coefficient (Wildman–Crippen LogP) is 4.68. The Labute approximate surface area is 185 Å². The van der Waals surface area contributed by atoms with Gasteiger partial charge in [-0.15, -0.1) is 0 Å². The van der Waals surface area contributed by atoms with Crippen LogP contribution in [0.15, 0.2) is 54.3 Å². The van der Waals surface area contributed by atoms with Crippen LogP contribution in [0.25, 0.3) is 0 Å². The van der Waals surface area contributed by atoms with Crippen molar-refractivity contribution < 1.29 is 19.4 Å². The number of carboxylic acid groups (broad SMARTS) is 1. The van der Waals surface area contributed by atoms with Gasteiger partial charge >= 0.3 is 5.97 Å². The van der Waals surface area contributed by atoms with E-state index in [1.807, 2.05) is 43.5 Å². The second-order valence-corrected chi connectivity index (χ2v) is 8.63. The maximum atomic E-state index is 12.7. The fraction of sp³-hybridized carbons (Fsp3) is 0.538. The summed E-state index contributed by atoms with van der Waals surface area (Å²) in [7, 11) is 0. The summed E-state index contributed by atoms with van der Waals surface area (Å²) in [6.07, 6.45) is 12.9. The highest BCUT2D eigenvalue weighted by Gasteiger charge is 2.47. The number of rotatable bonds is 13. The highest BCUT2D eigenvalue weighted by molar-refractivity contribution is 5.96. The van der Waals surface area contributed by atoms with E-state index in [9.17, 15) is 9.59 Å². The number of allylic oxidation sites excluding steroid dienone is 3. The molecule has 0 radical (unpaired) electrons. The van der Waals surface area contributed by atoms with E-state index in [-0.39, 0.29) is 12.2 Å². The number of hydrogen-bond donors (Lipinski definition) is 2. The number of benzene rings is 1. The van der Waals surface area contributed by atoms with Crippen LogP contribution in [0.4, 0.5) is 0 Å². The highest BCUT2D eigenvalue weighted by atomic mass is 16.5. The number of carbonyl (C=O) groups is 2. The molecule has 1 aromatic rings. The van der Waals surface area contributed by atoms with Crippen molar-refractivity contribution in [1.29, 1.82) is 0 Å². The Kier molecular flexibility index (Phi) is 8.89. The summed E-state index contributed by atoms with van der Waals surface area (Å²) in [6, 6.07) is 9.87. The predicted molar refractivity (Wildman–Crippen MR) is 122 cm³/mol. The average Bonchev–Trinajstić information content (AvgIpc) is 3.36. The Bertz CT molecular complexity index is 786. The zero-order chi connectivity index (χ0) is 22.1. The lowest BCUT2D eigenvalue weighted by Crippen LogP contribution is -2.34. The first kappa shape index (κ1) is 23.3. The van der Waals surface area contributed by atoms with Crippen LogP contribution in [0, 0.1) is 11.8 Å². The fourth-order valence-electron chi connectivity index (χ4n) is 4.81. The molecule has 0 aliphatic carbocycles. The maximum Gasteiger partial charge on any atom is 0.303 e. The van der Waals surface area contributed by atoms with E-state index in [1.165, 1.54) is 0 Å². The molecule has 2 heterocycles. The van der Waals surface area contributed by atoms with Gasteiger partial charge in [0.2, 0.25) is 0 Å². The standard InChI is InChI=1S/C26H35NO4/c1-2-20(23(28)16-19-10-6-5-7-11-19)17-27-18-22-21(24-14-15-25(22)31-24)12-8-3-4-9-13-26(29)30/h3,5-8,10-11,17,21-22,24-25,27H,2,4,9,12-16,18H2,1H3,(H,29,30)/b8-3-,20-17?/t21-,22+,24-,25+/m0/s1. The zero-order valence-corrected chi connectivity index (χ0v) is 18.5. The Morgan fingerprint density at radius 1 is 1.13 bits per heavy atom. The molecule has 168 valence electrons. The second-order valence-electron chi connectivity index (χ2n) is 8.63. The SMILES string of the molecule is CCC(=CNC[C@@H]1[C@H](C/C=C\CCCC(=O)O)[C@@H]2CC[C@H]1O2)C(=O)Cc1ccccc1. The van der Waals surface area contributed by atoms with Crippen LogP contribution in [-0.4, -0.2) is 35.6 Å². The number of Topliss-reactive ketones (excluding diaryl/α,β-unsaturated/α-hetero) is 1. The summed E-state index contributed by atoms with van der Waals surface area (Å²) >= 11 is 0. The topological polar surface area (TPSA) is 75.6 Å². The smallest absolute Gasteiger partial charge is 0.303 e. The average molecular weight is 426 g/mol. The van der Waals surface area contributed by atoms with Gasteiger partial charge in [0.1, 0.15) is 0 Å². The Balaban J connectivity index is 1.49. The second kappa shape index (κ2) is 11.8. The van der Waals surface area contributed by atoms with Crippen molar-refractivity contribution in [2.24, 2.45) is 11.8 Å². The number of fused-ring (bicyclic) bond motifs is 2. The molecule has 2 N–H and O–H groups in total. The van der Waals surface area contributed by atoms with Crippen molar-refractivity contribution >= 4 is 11.8 Å². The number of carboxylic acids is 1. The normalized spacial score (nSPS) is 25.3. The van der Waals surface area contributed by atoms with Gasteiger partial charge < -0.3 is 15.2 Å². The van der Waals surface area contributed by atoms with Crippen LogP contribution < -0.4 is 5.32 Å². The Morgan fingerprint density at radius 2 is 1.87 bits per heavy atom. The number of ether oxygens (including phenoxy) is 1. The van der Waals surface area contributed by atoms with E-state index in [2.05, 4.69) is 17.5 Å². The quantitative estimate of drug-likeness (QED) is 0.273. The van der Waals surface area contributed by atoms with Crippen molar-refractivity contribution in [3.8, 4) is 0 Å². The third-order valence-electron chi connectivity index (χ3n) is 6.50. The minimum absolute atomic E-state index is 0.172. The van der Waals surface area contributed by atoms with E-state index in [1.54, 1.807) is 0 Å². The van der Waals surface area contributed by atoms with Crippen LogP contribution in [-0.2, 0) is 20.7 Å². The molecule has 0 aromatic heterocycles. The number of nitrogens with one attached hydrogen (secondary N) is 1. The van der Waals surface area contributed by atoms with Crippen molar-refractivity contribution in [3.05, 3.63) is 59.8 Å². The summed E-state index contributed by atoms with van der Waals surface area (Å²) in [5, 5.41) is 12.2. The molecule has 31 heavy (non-hydrogen) atoms. The van der Waals surface area contributed by atoms with Gasteiger partial charge in [0.25, 0.3) is 0 Å². The van der Waals surface area contributed by atoms with Gasteiger partial charge in [-0.1, -0.05) is 49.4 Å². The summed E-state index contributed by atoms with van der Waals surface area (Å²) < 4.78 is 6.18. The van der Waals surface area contributed by atoms with Crippen LogP contribution in [0.3, 0.4) is 0 Å². The van der Waals surface area contributed by atoms with Crippen molar-refractivity contribution in [2.75, 3.05) is 6.54 Å². The lowest BCUT2D eigenvalue weighted by atomic mass is 9.77. The molecule has 2 aliphatic rings. The molecule has 5 heteroatoms. The summed E-state index contributed by atoms with van der Waals surface area (Å²) in [4.78, 5) is 23.3. The van der Waals surface area contributed by atoms with Gasteiger partial charge in [-0.05, 0) is 50.0 Å². The van der Waals surface area contributed by atoms with Crippen molar-refractivity contribution in [1.82, 2.24) is 5.32 Å². The third-order valence-corrected chi connectivity index (χ3v) is 6.50. The fourth-order valence-corrected chi connectivity index (χ4v) is 4.81. The third kappa shape index (κ3) is 6.79. The van der Waals surface area contributed by atoms with Crippen molar-refractivity contribution in [2.45, 2.75) is 70.5 Å². The molecular weight excluding hydrogens is 390 g/mol. The number of carbonyl (C=O) groups excluding carboxylic acids is 1. The minimum atomic E-state index is -0.734. The molecule has 0 unspecified atom stereocenters. The van der Waals surface area contributed by atoms with Gasteiger partial charge in [-0.3, -0.25) is 9.59 Å². The molecule has 0 spiro atoms. The molecule has 4 atom stereocenters. The van der Waals surface area contributed by atoms with E-state index in [4.69, 9.17) is 9.84 Å². The zero-order valence-electron chi connectivity index (χ0n) is 18.5. The summed E-state index contributed by atoms with van der Waals surface area (Å²) in [5.41, 5.74) is 1.88. The maximum absolute atomic E-state index is 12.7. The molecule has 0 saturated carbocycles. The monoisotopic (exact) mass is 425 g/mol. The number of unbranched alkanes of at least 4 members (excludes halogenated alkanes) is 1. The van der Waals surface area contributed by atoms with E-state index >= 15 is 0 Å². The number of aliphatic carboxylic acids is 1. The highest BCUT2D eigenvalue weighted by Crippen LogP contribution is 2.44. The number of ketones is 1. The van der Waals surface area contributed by atoms with Crippen LogP contribution in [0.2, 0.25) is 0 Å². The number of hydrogen-bond acceptors (Lipinski definition) is 4. The molecule has 2 fully saturated rings. The van der Waals surface area contributed by atoms with Crippen LogP contribution in [0.5, 0.6) is 0 Å². The molecule has 2 saturated heterocycles. The van der Waals surface area contributed by atoms with E-state index in [0.29, 0.717) is 43.3 Å². The summed E-state index contributed by atoms with van der Waals surface area (Å²) in [5.74, 6) is 0.371. The molecular formula is C26H35NO4. The molecule has 5 nitrogen and oxygen atoms in total. The minimum Gasteiger partial charge on any atom is -0.481 e. The molecule has 2 aliphatic heterocycles. The molecule has 1 aromatic carbocycles. The lowest BCUT2D eigenvalue weighted by molar-refractivity contribution is -0.137. The lowest BCUT2D eigenvalue weighted by Gasteiger charge is -2.27. The Morgan fingerprint density at radius 3 is 2.58 bits per heavy atom. The first-order chi connectivity index (χ1) is 15.1. The largest absolute Gasteiger partial charge is 0.481 e. The molecule has 3 rings (SSSR count). The van der Waals surface area contributed by atoms with E-state index in [0.717, 1.165) is 43.4 Å². The van der Waals surface area contributed by atoms with E-state index < -0.39 is 5.97 Å².